The summed E-state index contributed by atoms with van der Waals surface area (Å²) < 4.78 is 5.77. The first kappa shape index (κ1) is 17.2. The van der Waals surface area contributed by atoms with Crippen LogP contribution in [0.3, 0.4) is 0 Å². The normalized spacial score (nSPS) is 21.5. The van der Waals surface area contributed by atoms with E-state index < -0.39 is 5.60 Å². The first-order chi connectivity index (χ1) is 12.7. The predicted molar refractivity (Wildman–Crippen MR) is 102 cm³/mol. The lowest BCUT2D eigenvalue weighted by atomic mass is 9.85. The molecule has 2 aliphatic heterocycles. The van der Waals surface area contributed by atoms with Gasteiger partial charge in [0.2, 0.25) is 5.91 Å². The van der Waals surface area contributed by atoms with E-state index in [1.165, 1.54) is 5.56 Å². The van der Waals surface area contributed by atoms with Crippen LogP contribution in [0.1, 0.15) is 34.3 Å². The van der Waals surface area contributed by atoms with E-state index in [2.05, 4.69) is 12.1 Å². The molecule has 2 aromatic carbocycles. The fraction of sp³-hybridized carbons (Fsp3) is 0.333. The van der Waals surface area contributed by atoms with Crippen LogP contribution in [-0.2, 0) is 20.9 Å². The number of rotatable bonds is 4. The number of benzene rings is 2. The zero-order chi connectivity index (χ0) is 18.0. The van der Waals surface area contributed by atoms with Gasteiger partial charge in [0.15, 0.2) is 5.60 Å². The van der Waals surface area contributed by atoms with E-state index >= 15 is 0 Å². The molecule has 1 saturated heterocycles. The van der Waals surface area contributed by atoms with Gasteiger partial charge in [0, 0.05) is 17.9 Å². The SMILES string of the molecule is O=C1OC2(CCCN(C(=O)CSCc3ccccc3)C2)c2ccccc21. The van der Waals surface area contributed by atoms with Gasteiger partial charge in [-0.05, 0) is 24.5 Å². The van der Waals surface area contributed by atoms with E-state index in [0.717, 1.165) is 30.7 Å². The highest BCUT2D eigenvalue weighted by Gasteiger charge is 2.48. The molecular formula is C21H21NO3S. The molecule has 0 aromatic heterocycles. The van der Waals surface area contributed by atoms with E-state index in [4.69, 9.17) is 4.74 Å². The van der Waals surface area contributed by atoms with Gasteiger partial charge in [-0.1, -0.05) is 48.5 Å². The Bertz CT molecular complexity index is 823. The first-order valence-corrected chi connectivity index (χ1v) is 10.1. The lowest BCUT2D eigenvalue weighted by Gasteiger charge is -2.39. The summed E-state index contributed by atoms with van der Waals surface area (Å²) in [5.41, 5.74) is 2.13. The average Bonchev–Trinajstić information content (AvgIpc) is 2.94. The van der Waals surface area contributed by atoms with Crippen molar-refractivity contribution in [3.63, 3.8) is 0 Å². The van der Waals surface area contributed by atoms with E-state index in [0.29, 0.717) is 17.9 Å². The predicted octanol–water partition coefficient (Wildman–Crippen LogP) is 3.61. The van der Waals surface area contributed by atoms with Gasteiger partial charge in [0.05, 0.1) is 17.9 Å². The smallest absolute Gasteiger partial charge is 0.339 e. The van der Waals surface area contributed by atoms with Gasteiger partial charge in [-0.25, -0.2) is 4.79 Å². The number of fused-ring (bicyclic) bond motifs is 2. The minimum atomic E-state index is -0.661. The first-order valence-electron chi connectivity index (χ1n) is 8.90. The number of carbonyl (C=O) groups is 2. The third-order valence-electron chi connectivity index (χ3n) is 5.07. The largest absolute Gasteiger partial charge is 0.449 e. The van der Waals surface area contributed by atoms with Crippen molar-refractivity contribution in [3.8, 4) is 0 Å². The van der Waals surface area contributed by atoms with Gasteiger partial charge in [-0.3, -0.25) is 4.79 Å². The lowest BCUT2D eigenvalue weighted by molar-refractivity contribution is -0.135. The number of amides is 1. The molecule has 2 heterocycles. The minimum absolute atomic E-state index is 0.116. The highest BCUT2D eigenvalue weighted by Crippen LogP contribution is 2.42. The van der Waals surface area contributed by atoms with E-state index in [9.17, 15) is 9.59 Å². The Hall–Kier alpha value is -2.27. The Balaban J connectivity index is 1.41. The summed E-state index contributed by atoms with van der Waals surface area (Å²) in [6.45, 7) is 1.19. The fourth-order valence-corrected chi connectivity index (χ4v) is 4.69. The quantitative estimate of drug-likeness (QED) is 0.775. The van der Waals surface area contributed by atoms with Crippen LogP contribution in [0, 0.1) is 0 Å². The molecule has 0 saturated carbocycles. The Morgan fingerprint density at radius 2 is 1.88 bits per heavy atom. The van der Waals surface area contributed by atoms with Gasteiger partial charge < -0.3 is 9.64 Å². The standard InChI is InChI=1S/C21H21NO3S/c23-19(14-26-13-16-7-2-1-3-8-16)22-12-6-11-21(15-22)18-10-5-4-9-17(18)20(24)25-21/h1-5,7-10H,6,11-15H2. The highest BCUT2D eigenvalue weighted by molar-refractivity contribution is 7.99. The maximum Gasteiger partial charge on any atom is 0.339 e. The topological polar surface area (TPSA) is 46.6 Å². The number of hydrogen-bond acceptors (Lipinski definition) is 4. The number of thioether (sulfide) groups is 1. The molecule has 4 rings (SSSR count). The summed E-state index contributed by atoms with van der Waals surface area (Å²) in [4.78, 5) is 26.8. The molecule has 5 heteroatoms. The molecule has 0 aliphatic carbocycles. The number of nitrogens with zero attached hydrogens (tertiary/aromatic N) is 1. The van der Waals surface area contributed by atoms with Gasteiger partial charge in [-0.2, -0.15) is 0 Å². The minimum Gasteiger partial charge on any atom is -0.449 e. The van der Waals surface area contributed by atoms with Crippen LogP contribution in [0.5, 0.6) is 0 Å². The average molecular weight is 367 g/mol. The molecule has 1 spiro atoms. The van der Waals surface area contributed by atoms with Crippen LogP contribution < -0.4 is 0 Å². The van der Waals surface area contributed by atoms with Crippen molar-refractivity contribution in [2.45, 2.75) is 24.2 Å². The van der Waals surface area contributed by atoms with Crippen LogP contribution in [0.2, 0.25) is 0 Å². The third kappa shape index (κ3) is 3.23. The van der Waals surface area contributed by atoms with Gasteiger partial charge in [-0.15, -0.1) is 11.8 Å². The molecule has 1 atom stereocenters. The summed E-state index contributed by atoms with van der Waals surface area (Å²) >= 11 is 1.63. The van der Waals surface area contributed by atoms with Crippen molar-refractivity contribution < 1.29 is 14.3 Å². The highest BCUT2D eigenvalue weighted by atomic mass is 32.2. The zero-order valence-electron chi connectivity index (χ0n) is 14.5. The van der Waals surface area contributed by atoms with Crippen molar-refractivity contribution in [1.29, 1.82) is 0 Å². The zero-order valence-corrected chi connectivity index (χ0v) is 15.3. The molecule has 4 nitrogen and oxygen atoms in total. The van der Waals surface area contributed by atoms with Crippen LogP contribution >= 0.6 is 11.8 Å². The van der Waals surface area contributed by atoms with Crippen molar-refractivity contribution >= 4 is 23.6 Å². The second-order valence-electron chi connectivity index (χ2n) is 6.83. The van der Waals surface area contributed by atoms with Crippen molar-refractivity contribution in [2.24, 2.45) is 0 Å². The van der Waals surface area contributed by atoms with E-state index in [-0.39, 0.29) is 11.9 Å². The summed E-state index contributed by atoms with van der Waals surface area (Å²) in [5.74, 6) is 1.11. The second kappa shape index (κ2) is 7.16. The summed E-state index contributed by atoms with van der Waals surface area (Å²) in [7, 11) is 0. The molecule has 1 amide bonds. The van der Waals surface area contributed by atoms with E-state index in [1.807, 2.05) is 47.4 Å². The summed E-state index contributed by atoms with van der Waals surface area (Å²) in [5, 5.41) is 0. The van der Waals surface area contributed by atoms with Gasteiger partial charge >= 0.3 is 5.97 Å². The monoisotopic (exact) mass is 367 g/mol. The van der Waals surface area contributed by atoms with Crippen LogP contribution in [0.25, 0.3) is 0 Å². The molecule has 2 aromatic rings. The molecule has 1 fully saturated rings. The van der Waals surface area contributed by atoms with Crippen LogP contribution in [0.15, 0.2) is 54.6 Å². The molecule has 0 radical (unpaired) electrons. The number of carbonyl (C=O) groups excluding carboxylic acids is 2. The van der Waals surface area contributed by atoms with Crippen LogP contribution in [-0.4, -0.2) is 35.6 Å². The van der Waals surface area contributed by atoms with Gasteiger partial charge in [0.1, 0.15) is 0 Å². The lowest BCUT2D eigenvalue weighted by Crippen LogP contribution is -2.49. The fourth-order valence-electron chi connectivity index (χ4n) is 3.81. The Labute approximate surface area is 157 Å². The Kier molecular flexibility index (Phi) is 4.72. The molecular weight excluding hydrogens is 346 g/mol. The second-order valence-corrected chi connectivity index (χ2v) is 7.81. The van der Waals surface area contributed by atoms with Crippen molar-refractivity contribution in [2.75, 3.05) is 18.8 Å². The molecule has 1 unspecified atom stereocenters. The molecule has 0 N–H and O–H groups in total. The maximum absolute atomic E-state index is 12.7. The Morgan fingerprint density at radius 3 is 2.73 bits per heavy atom. The molecule has 2 aliphatic rings. The Morgan fingerprint density at radius 1 is 1.12 bits per heavy atom. The van der Waals surface area contributed by atoms with Crippen LogP contribution in [0.4, 0.5) is 0 Å². The molecule has 0 bridgehead atoms. The van der Waals surface area contributed by atoms with Gasteiger partial charge in [0.25, 0.3) is 0 Å². The number of ether oxygens (including phenoxy) is 1. The summed E-state index contributed by atoms with van der Waals surface area (Å²) in [6, 6.07) is 17.7. The molecule has 134 valence electrons. The van der Waals surface area contributed by atoms with Crippen molar-refractivity contribution in [3.05, 3.63) is 71.3 Å². The number of esters is 1. The third-order valence-corrected chi connectivity index (χ3v) is 6.06. The molecule has 26 heavy (non-hydrogen) atoms. The van der Waals surface area contributed by atoms with E-state index in [1.54, 1.807) is 11.8 Å². The number of hydrogen-bond donors (Lipinski definition) is 0. The maximum atomic E-state index is 12.7. The number of piperidine rings is 1. The summed E-state index contributed by atoms with van der Waals surface area (Å²) in [6.07, 6.45) is 1.62. The number of likely N-dealkylation sites (tertiary alicyclic amines) is 1. The van der Waals surface area contributed by atoms with Crippen molar-refractivity contribution in [1.82, 2.24) is 4.90 Å².